The molecule has 2 aromatic heterocycles. The van der Waals surface area contributed by atoms with Gasteiger partial charge in [0.05, 0.1) is 18.7 Å². The van der Waals surface area contributed by atoms with Crippen LogP contribution >= 0.6 is 0 Å². The van der Waals surface area contributed by atoms with Crippen LogP contribution in [0.5, 0.6) is 0 Å². The van der Waals surface area contributed by atoms with Crippen molar-refractivity contribution in [3.63, 3.8) is 0 Å². The molecular formula is C34H42N8O4. The number of aryl methyl sites for hydroxylation is 1. The minimum atomic E-state index is -0.553. The lowest BCUT2D eigenvalue weighted by Gasteiger charge is -2.39. The Morgan fingerprint density at radius 3 is 2.41 bits per heavy atom. The number of aromatic amines is 1. The fourth-order valence-electron chi connectivity index (χ4n) is 5.52. The van der Waals surface area contributed by atoms with E-state index >= 15 is 0 Å². The van der Waals surface area contributed by atoms with Gasteiger partial charge in [-0.05, 0) is 75.6 Å². The van der Waals surface area contributed by atoms with E-state index in [9.17, 15) is 9.59 Å². The van der Waals surface area contributed by atoms with Gasteiger partial charge in [0, 0.05) is 49.6 Å². The zero-order valence-electron chi connectivity index (χ0n) is 27.1. The highest BCUT2D eigenvalue weighted by Gasteiger charge is 2.30. The molecule has 242 valence electrons. The topological polar surface area (TPSA) is 138 Å². The van der Waals surface area contributed by atoms with Crippen molar-refractivity contribution in [2.75, 3.05) is 43.6 Å². The molecule has 3 heterocycles. The molecule has 2 N–H and O–H groups in total. The van der Waals surface area contributed by atoms with Crippen molar-refractivity contribution in [2.45, 2.75) is 58.6 Å². The van der Waals surface area contributed by atoms with E-state index in [-0.39, 0.29) is 24.5 Å². The maximum atomic E-state index is 13.3. The first-order valence-corrected chi connectivity index (χ1v) is 15.5. The summed E-state index contributed by atoms with van der Waals surface area (Å²) in [6.07, 6.45) is 1.32. The van der Waals surface area contributed by atoms with Crippen molar-refractivity contribution < 1.29 is 19.1 Å². The van der Waals surface area contributed by atoms with Gasteiger partial charge in [0.1, 0.15) is 11.4 Å². The number of carbonyl (C=O) groups is 2. The van der Waals surface area contributed by atoms with E-state index in [1.54, 1.807) is 12.0 Å². The highest BCUT2D eigenvalue weighted by Crippen LogP contribution is 2.32. The Balaban J connectivity index is 1.47. The third-order valence-electron chi connectivity index (χ3n) is 7.75. The highest BCUT2D eigenvalue weighted by atomic mass is 16.6. The molecule has 5 rings (SSSR count). The first-order chi connectivity index (χ1) is 22.1. The number of benzene rings is 2. The van der Waals surface area contributed by atoms with Gasteiger partial charge in [0.15, 0.2) is 0 Å². The van der Waals surface area contributed by atoms with Crippen molar-refractivity contribution in [3.8, 4) is 22.6 Å². The van der Waals surface area contributed by atoms with Gasteiger partial charge in [-0.15, -0.1) is 10.2 Å². The number of rotatable bonds is 10. The van der Waals surface area contributed by atoms with Crippen molar-refractivity contribution in [1.82, 2.24) is 30.5 Å². The molecule has 2 aromatic carbocycles. The van der Waals surface area contributed by atoms with Gasteiger partial charge >= 0.3 is 6.09 Å². The maximum Gasteiger partial charge on any atom is 0.410 e. The number of pyridine rings is 1. The minimum absolute atomic E-state index is 0.0956. The number of aromatic nitrogens is 5. The predicted molar refractivity (Wildman–Crippen MR) is 176 cm³/mol. The summed E-state index contributed by atoms with van der Waals surface area (Å²) in [5, 5.41) is 17.7. The van der Waals surface area contributed by atoms with Crippen LogP contribution in [0.1, 0.15) is 44.7 Å². The van der Waals surface area contributed by atoms with Gasteiger partial charge in [0.2, 0.25) is 11.7 Å². The number of tetrazole rings is 1. The van der Waals surface area contributed by atoms with Gasteiger partial charge in [-0.25, -0.2) is 9.78 Å². The van der Waals surface area contributed by atoms with E-state index in [4.69, 9.17) is 14.5 Å². The van der Waals surface area contributed by atoms with Gasteiger partial charge in [0.25, 0.3) is 0 Å². The number of carbonyl (C=O) groups excluding carboxylic acids is 2. The van der Waals surface area contributed by atoms with Crippen LogP contribution in [0, 0.1) is 6.92 Å². The number of H-pyrrole nitrogens is 1. The molecule has 4 aromatic rings. The monoisotopic (exact) mass is 626 g/mol. The summed E-state index contributed by atoms with van der Waals surface area (Å²) in [6.45, 7) is 9.83. The highest BCUT2D eigenvalue weighted by molar-refractivity contribution is 5.92. The Kier molecular flexibility index (Phi) is 10.3. The summed E-state index contributed by atoms with van der Waals surface area (Å²) in [4.78, 5) is 35.2. The van der Waals surface area contributed by atoms with Crippen LogP contribution < -0.4 is 10.2 Å². The number of nitrogens with one attached hydrogen (secondary N) is 2. The van der Waals surface area contributed by atoms with E-state index < -0.39 is 5.60 Å². The Hall–Kier alpha value is -4.84. The van der Waals surface area contributed by atoms with Gasteiger partial charge in [-0.2, -0.15) is 5.21 Å². The smallest absolute Gasteiger partial charge is 0.410 e. The lowest BCUT2D eigenvalue weighted by Crippen LogP contribution is -2.49. The number of hydrogen-bond acceptors (Lipinski definition) is 9. The third-order valence-corrected chi connectivity index (χ3v) is 7.75. The van der Waals surface area contributed by atoms with Crippen LogP contribution in [0.2, 0.25) is 0 Å². The normalized spacial score (nSPS) is 13.8. The zero-order valence-corrected chi connectivity index (χ0v) is 27.1. The van der Waals surface area contributed by atoms with Crippen LogP contribution in [-0.4, -0.2) is 87.5 Å². The molecule has 12 nitrogen and oxygen atoms in total. The molecule has 0 saturated carbocycles. The molecule has 12 heteroatoms. The zero-order chi connectivity index (χ0) is 32.7. The van der Waals surface area contributed by atoms with Crippen molar-refractivity contribution >= 4 is 23.5 Å². The van der Waals surface area contributed by atoms with Gasteiger partial charge in [-0.3, -0.25) is 4.79 Å². The fraction of sp³-hybridized carbons (Fsp3) is 0.412. The quantitative estimate of drug-likeness (QED) is 0.241. The molecule has 46 heavy (non-hydrogen) atoms. The van der Waals surface area contributed by atoms with Crippen LogP contribution in [0.15, 0.2) is 60.7 Å². The molecule has 2 amide bonds. The Bertz CT molecular complexity index is 1610. The van der Waals surface area contributed by atoms with Crippen LogP contribution in [0.3, 0.4) is 0 Å². The molecule has 1 aliphatic rings. The standard InChI is InChI=1S/C34H42N8O4/c1-23-10-12-25(13-11-23)35-31(43)22-24-20-29(27-8-6-7-9-28(27)32-37-39-40-38-32)36-30(21-24)42(18-19-45-5)26-14-16-41(17-15-26)33(44)46-34(2,3)4/h6-13,20-21,26H,14-19,22H2,1-5H3,(H,35,43)(H,37,38,39,40). The molecular weight excluding hydrogens is 584 g/mol. The average Bonchev–Trinajstić information content (AvgIpc) is 3.57. The number of nitrogens with zero attached hydrogens (tertiary/aromatic N) is 6. The number of methoxy groups -OCH3 is 1. The second-order valence-electron chi connectivity index (χ2n) is 12.5. The lowest BCUT2D eigenvalue weighted by atomic mass is 10.00. The van der Waals surface area contributed by atoms with E-state index in [2.05, 4.69) is 30.8 Å². The number of likely N-dealkylation sites (tertiary alicyclic amines) is 1. The van der Waals surface area contributed by atoms with Crippen LogP contribution in [-0.2, 0) is 20.7 Å². The molecule has 0 bridgehead atoms. The summed E-state index contributed by atoms with van der Waals surface area (Å²) in [5.74, 6) is 1.05. The van der Waals surface area contributed by atoms with Gasteiger partial charge in [-0.1, -0.05) is 42.0 Å². The maximum absolute atomic E-state index is 13.3. The molecule has 1 aliphatic heterocycles. The van der Waals surface area contributed by atoms with Gasteiger partial charge < -0.3 is 24.6 Å². The lowest BCUT2D eigenvalue weighted by molar-refractivity contribution is -0.115. The third kappa shape index (κ3) is 8.45. The Morgan fingerprint density at radius 1 is 1.04 bits per heavy atom. The van der Waals surface area contributed by atoms with E-state index in [0.717, 1.165) is 46.6 Å². The summed E-state index contributed by atoms with van der Waals surface area (Å²) in [6, 6.07) is 19.5. The second-order valence-corrected chi connectivity index (χ2v) is 12.5. The number of hydrogen-bond donors (Lipinski definition) is 2. The van der Waals surface area contributed by atoms with Crippen molar-refractivity contribution in [1.29, 1.82) is 0 Å². The molecule has 0 spiro atoms. The summed E-state index contributed by atoms with van der Waals surface area (Å²) >= 11 is 0. The predicted octanol–water partition coefficient (Wildman–Crippen LogP) is 5.27. The molecule has 0 atom stereocenters. The number of amides is 2. The van der Waals surface area contributed by atoms with E-state index in [0.29, 0.717) is 37.8 Å². The summed E-state index contributed by atoms with van der Waals surface area (Å²) in [5.41, 5.74) is 4.39. The van der Waals surface area contributed by atoms with Crippen LogP contribution in [0.25, 0.3) is 22.6 Å². The second kappa shape index (κ2) is 14.5. The molecule has 1 saturated heterocycles. The Morgan fingerprint density at radius 2 is 1.76 bits per heavy atom. The van der Waals surface area contributed by atoms with E-state index in [1.807, 2.05) is 88.4 Å². The fourth-order valence-corrected chi connectivity index (χ4v) is 5.52. The van der Waals surface area contributed by atoms with Crippen molar-refractivity contribution in [3.05, 3.63) is 71.8 Å². The SMILES string of the molecule is COCCN(c1cc(CC(=O)Nc2ccc(C)cc2)cc(-c2ccccc2-c2nn[nH]n2)n1)C1CCN(C(=O)OC(C)(C)C)CC1. The number of piperidine rings is 1. The largest absolute Gasteiger partial charge is 0.444 e. The summed E-state index contributed by atoms with van der Waals surface area (Å²) in [7, 11) is 1.68. The Labute approximate surface area is 269 Å². The van der Waals surface area contributed by atoms with E-state index in [1.165, 1.54) is 0 Å². The number of anilines is 2. The minimum Gasteiger partial charge on any atom is -0.444 e. The first-order valence-electron chi connectivity index (χ1n) is 15.5. The van der Waals surface area contributed by atoms with Crippen LogP contribution in [0.4, 0.5) is 16.3 Å². The first kappa shape index (κ1) is 32.6. The summed E-state index contributed by atoms with van der Waals surface area (Å²) < 4.78 is 11.1. The number of ether oxygens (including phenoxy) is 2. The molecule has 0 aliphatic carbocycles. The molecule has 1 fully saturated rings. The molecule has 0 radical (unpaired) electrons. The van der Waals surface area contributed by atoms with Crippen molar-refractivity contribution in [2.24, 2.45) is 0 Å². The average molecular weight is 627 g/mol. The molecule has 0 unspecified atom stereocenters.